The van der Waals surface area contributed by atoms with E-state index in [1.165, 1.54) is 13.3 Å². The fourth-order valence-corrected chi connectivity index (χ4v) is 3.83. The lowest BCUT2D eigenvalue weighted by atomic mass is 9.88. The molecule has 0 fully saturated rings. The van der Waals surface area contributed by atoms with Gasteiger partial charge in [-0.1, -0.05) is 29.4 Å². The highest BCUT2D eigenvalue weighted by atomic mass is 35.5. The molecule has 0 radical (unpaired) electrons. The van der Waals surface area contributed by atoms with Crippen molar-refractivity contribution in [1.82, 2.24) is 4.98 Å². The number of halogens is 1. The highest BCUT2D eigenvalue weighted by molar-refractivity contribution is 8.13. The lowest BCUT2D eigenvalue weighted by molar-refractivity contribution is 0.102. The second-order valence-electron chi connectivity index (χ2n) is 6.05. The molecule has 2 aromatic rings. The summed E-state index contributed by atoms with van der Waals surface area (Å²) >= 11 is 7.37. The molecular formula is C18H19ClN4O2S. The number of nitrogens with two attached hydrogens (primary N) is 1. The number of aliphatic imine (C=N–C) groups is 1. The van der Waals surface area contributed by atoms with Crippen LogP contribution in [0.15, 0.2) is 41.5 Å². The summed E-state index contributed by atoms with van der Waals surface area (Å²) in [6, 6.07) is 8.80. The number of anilines is 1. The van der Waals surface area contributed by atoms with Gasteiger partial charge in [-0.25, -0.2) is 4.98 Å². The van der Waals surface area contributed by atoms with Crippen LogP contribution in [0.5, 0.6) is 5.75 Å². The summed E-state index contributed by atoms with van der Waals surface area (Å²) in [5.41, 5.74) is 6.77. The highest BCUT2D eigenvalue weighted by Crippen LogP contribution is 2.37. The van der Waals surface area contributed by atoms with Gasteiger partial charge in [-0.2, -0.15) is 0 Å². The third kappa shape index (κ3) is 3.94. The molecule has 3 N–H and O–H groups in total. The summed E-state index contributed by atoms with van der Waals surface area (Å²) in [6.07, 6.45) is 2.31. The van der Waals surface area contributed by atoms with Crippen LogP contribution in [0.4, 0.5) is 5.82 Å². The number of carbonyl (C=O) groups is 1. The number of nitrogens with one attached hydrogen (secondary N) is 1. The van der Waals surface area contributed by atoms with Crippen LogP contribution in [0.3, 0.4) is 0 Å². The summed E-state index contributed by atoms with van der Waals surface area (Å²) in [4.78, 5) is 21.4. The maximum absolute atomic E-state index is 12.8. The van der Waals surface area contributed by atoms with Crippen LogP contribution < -0.4 is 15.8 Å². The molecule has 0 saturated heterocycles. The van der Waals surface area contributed by atoms with Gasteiger partial charge in [0.25, 0.3) is 5.91 Å². The minimum atomic E-state index is -0.463. The molecule has 1 unspecified atom stereocenters. The number of methoxy groups -OCH3 is 1. The van der Waals surface area contributed by atoms with Crippen LogP contribution in [-0.4, -0.2) is 28.9 Å². The Morgan fingerprint density at radius 1 is 1.38 bits per heavy atom. The first-order valence-corrected chi connectivity index (χ1v) is 9.37. The van der Waals surface area contributed by atoms with Gasteiger partial charge in [0.2, 0.25) is 0 Å². The van der Waals surface area contributed by atoms with Gasteiger partial charge in [0.1, 0.15) is 11.6 Å². The van der Waals surface area contributed by atoms with Crippen molar-refractivity contribution in [2.75, 3.05) is 18.2 Å². The lowest BCUT2D eigenvalue weighted by Crippen LogP contribution is -2.29. The number of carbonyl (C=O) groups excluding carboxylic acids is 1. The van der Waals surface area contributed by atoms with Gasteiger partial charge >= 0.3 is 0 Å². The first kappa shape index (κ1) is 18.5. The first-order valence-electron chi connectivity index (χ1n) is 8.01. The van der Waals surface area contributed by atoms with E-state index >= 15 is 0 Å². The van der Waals surface area contributed by atoms with Crippen molar-refractivity contribution < 1.29 is 9.53 Å². The number of amides is 1. The number of hydrogen-bond donors (Lipinski definition) is 2. The van der Waals surface area contributed by atoms with Crippen molar-refractivity contribution in [2.24, 2.45) is 10.7 Å². The second kappa shape index (κ2) is 7.55. The monoisotopic (exact) mass is 390 g/mol. The van der Waals surface area contributed by atoms with Crippen molar-refractivity contribution in [3.63, 3.8) is 0 Å². The van der Waals surface area contributed by atoms with E-state index in [0.717, 1.165) is 17.7 Å². The summed E-state index contributed by atoms with van der Waals surface area (Å²) in [7, 11) is 1.53. The third-order valence-corrected chi connectivity index (χ3v) is 5.25. The Morgan fingerprint density at radius 2 is 2.19 bits per heavy atom. The van der Waals surface area contributed by atoms with E-state index < -0.39 is 5.54 Å². The summed E-state index contributed by atoms with van der Waals surface area (Å²) in [5.74, 6) is 1.46. The van der Waals surface area contributed by atoms with E-state index in [1.54, 1.807) is 36.0 Å². The quantitative estimate of drug-likeness (QED) is 0.831. The Morgan fingerprint density at radius 3 is 2.85 bits per heavy atom. The largest absolute Gasteiger partial charge is 0.496 e. The van der Waals surface area contributed by atoms with E-state index in [0.29, 0.717) is 27.3 Å². The van der Waals surface area contributed by atoms with E-state index in [-0.39, 0.29) is 5.91 Å². The molecule has 0 bridgehead atoms. The van der Waals surface area contributed by atoms with Crippen molar-refractivity contribution in [3.8, 4) is 5.75 Å². The zero-order valence-electron chi connectivity index (χ0n) is 14.5. The number of aromatic nitrogens is 1. The van der Waals surface area contributed by atoms with E-state index in [9.17, 15) is 4.79 Å². The number of nitrogens with zero attached hydrogens (tertiary/aromatic N) is 2. The van der Waals surface area contributed by atoms with Crippen LogP contribution >= 0.6 is 23.4 Å². The topological polar surface area (TPSA) is 89.6 Å². The molecule has 0 spiro atoms. The standard InChI is InChI=1S/C18H19ClN4O2S/c1-18(7-8-26-17(20)23-18)11-3-5-14(25-2)13(9-11)16(24)22-15-6-4-12(19)10-21-15/h3-6,9-10H,7-8H2,1-2H3,(H2,20,23)(H,21,22,24). The molecule has 0 aliphatic carbocycles. The SMILES string of the molecule is COc1ccc(C2(C)CCSC(N)=N2)cc1C(=O)Nc1ccc(Cl)cn1. The highest BCUT2D eigenvalue weighted by Gasteiger charge is 2.30. The molecular weight excluding hydrogens is 372 g/mol. The predicted molar refractivity (Wildman–Crippen MR) is 106 cm³/mol. The Kier molecular flexibility index (Phi) is 5.38. The van der Waals surface area contributed by atoms with Gasteiger partial charge in [-0.05, 0) is 43.2 Å². The van der Waals surface area contributed by atoms with Gasteiger partial charge in [-0.15, -0.1) is 0 Å². The second-order valence-corrected chi connectivity index (χ2v) is 7.60. The number of benzene rings is 1. The van der Waals surface area contributed by atoms with Crippen molar-refractivity contribution in [3.05, 3.63) is 52.7 Å². The summed E-state index contributed by atoms with van der Waals surface area (Å²) < 4.78 is 5.35. The van der Waals surface area contributed by atoms with E-state index in [4.69, 9.17) is 22.1 Å². The molecule has 136 valence electrons. The van der Waals surface area contributed by atoms with Crippen molar-refractivity contribution >= 4 is 40.3 Å². The van der Waals surface area contributed by atoms with Crippen LogP contribution in [-0.2, 0) is 5.54 Å². The molecule has 3 rings (SSSR count). The van der Waals surface area contributed by atoms with E-state index in [1.807, 2.05) is 13.0 Å². The fourth-order valence-electron chi connectivity index (χ4n) is 2.75. The van der Waals surface area contributed by atoms with Gasteiger partial charge in [0.15, 0.2) is 5.17 Å². The molecule has 2 heterocycles. The zero-order chi connectivity index (χ0) is 18.7. The first-order chi connectivity index (χ1) is 12.4. The molecule has 8 heteroatoms. The molecule has 6 nitrogen and oxygen atoms in total. The third-order valence-electron chi connectivity index (χ3n) is 4.23. The number of amidine groups is 1. The average molecular weight is 391 g/mol. The van der Waals surface area contributed by atoms with Crippen molar-refractivity contribution in [2.45, 2.75) is 18.9 Å². The number of hydrogen-bond acceptors (Lipinski definition) is 6. The van der Waals surface area contributed by atoms with Gasteiger partial charge in [-0.3, -0.25) is 9.79 Å². The molecule has 1 aromatic heterocycles. The number of rotatable bonds is 4. The Balaban J connectivity index is 1.94. The van der Waals surface area contributed by atoms with E-state index in [2.05, 4.69) is 15.3 Å². The average Bonchev–Trinajstić information content (AvgIpc) is 2.63. The minimum Gasteiger partial charge on any atom is -0.496 e. The Bertz CT molecular complexity index is 857. The maximum Gasteiger partial charge on any atom is 0.260 e. The van der Waals surface area contributed by atoms with Crippen LogP contribution in [0.1, 0.15) is 29.3 Å². The summed E-state index contributed by atoms with van der Waals surface area (Å²) in [6.45, 7) is 2.02. The molecule has 1 atom stereocenters. The van der Waals surface area contributed by atoms with Crippen LogP contribution in [0.2, 0.25) is 5.02 Å². The normalized spacial score (nSPS) is 19.6. The zero-order valence-corrected chi connectivity index (χ0v) is 16.0. The van der Waals surface area contributed by atoms with Gasteiger partial charge < -0.3 is 15.8 Å². The molecule has 1 amide bonds. The van der Waals surface area contributed by atoms with Gasteiger partial charge in [0, 0.05) is 11.9 Å². The Hall–Kier alpha value is -2.25. The fraction of sp³-hybridized carbons (Fsp3) is 0.278. The van der Waals surface area contributed by atoms with Crippen molar-refractivity contribution in [1.29, 1.82) is 0 Å². The molecule has 1 aliphatic rings. The minimum absolute atomic E-state index is 0.316. The number of ether oxygens (including phenoxy) is 1. The number of pyridine rings is 1. The Labute approximate surface area is 161 Å². The maximum atomic E-state index is 12.8. The predicted octanol–water partition coefficient (Wildman–Crippen LogP) is 3.66. The van der Waals surface area contributed by atoms with Crippen LogP contribution in [0, 0.1) is 0 Å². The number of thioether (sulfide) groups is 1. The lowest BCUT2D eigenvalue weighted by Gasteiger charge is -2.30. The molecule has 0 saturated carbocycles. The molecule has 26 heavy (non-hydrogen) atoms. The van der Waals surface area contributed by atoms with Crippen LogP contribution in [0.25, 0.3) is 0 Å². The molecule has 1 aliphatic heterocycles. The molecule has 1 aromatic carbocycles. The summed E-state index contributed by atoms with van der Waals surface area (Å²) in [5, 5.41) is 3.82. The van der Waals surface area contributed by atoms with Gasteiger partial charge in [0.05, 0.1) is 23.2 Å². The smallest absolute Gasteiger partial charge is 0.260 e.